The third kappa shape index (κ3) is 4.20. The smallest absolute Gasteiger partial charge is 0.294 e. The molecule has 0 fully saturated rings. The zero-order valence-corrected chi connectivity index (χ0v) is 9.58. The summed E-state index contributed by atoms with van der Waals surface area (Å²) < 4.78 is 29.2. The molecule has 0 amide bonds. The van der Waals surface area contributed by atoms with Gasteiger partial charge in [-0.1, -0.05) is 18.2 Å². The summed E-state index contributed by atoms with van der Waals surface area (Å²) in [4.78, 5) is -0.0741. The van der Waals surface area contributed by atoms with Gasteiger partial charge < -0.3 is 6.15 Å². The summed E-state index contributed by atoms with van der Waals surface area (Å²) in [6.45, 7) is 0. The average Bonchev–Trinajstić information content (AvgIpc) is 1.88. The van der Waals surface area contributed by atoms with Crippen LogP contribution in [0.2, 0.25) is 0 Å². The van der Waals surface area contributed by atoms with E-state index in [-0.39, 0.29) is 40.6 Å². The molecular formula is C6H9NNaO3S. The van der Waals surface area contributed by atoms with Crippen LogP contribution in [-0.4, -0.2) is 42.5 Å². The van der Waals surface area contributed by atoms with Crippen molar-refractivity contribution in [3.05, 3.63) is 30.3 Å². The van der Waals surface area contributed by atoms with E-state index in [0.717, 1.165) is 0 Å². The number of hydrogen-bond acceptors (Lipinski definition) is 3. The van der Waals surface area contributed by atoms with Gasteiger partial charge in [0.15, 0.2) is 0 Å². The van der Waals surface area contributed by atoms with E-state index in [1.165, 1.54) is 12.1 Å². The molecule has 63 valence electrons. The zero-order chi connectivity index (χ0) is 7.61. The molecule has 0 spiro atoms. The molecule has 1 aromatic rings. The molecule has 0 atom stereocenters. The standard InChI is InChI=1S/C6H6O3S.H3N.Na/c7-10(8,9)6-4-2-1-3-5-6;;/h1-5H,(H,7,8,9);1H3;. The summed E-state index contributed by atoms with van der Waals surface area (Å²) in [5.74, 6) is 0. The van der Waals surface area contributed by atoms with Gasteiger partial charge in [0.2, 0.25) is 0 Å². The first kappa shape index (κ1) is 14.6. The molecule has 4 nitrogen and oxygen atoms in total. The Balaban J connectivity index is 0. The Kier molecular flexibility index (Phi) is 6.92. The third-order valence-electron chi connectivity index (χ3n) is 1.04. The van der Waals surface area contributed by atoms with E-state index in [9.17, 15) is 8.42 Å². The molecule has 0 heterocycles. The van der Waals surface area contributed by atoms with Crippen molar-refractivity contribution in [2.75, 3.05) is 0 Å². The Morgan fingerprint density at radius 3 is 1.75 bits per heavy atom. The normalized spacial score (nSPS) is 9.42. The minimum Gasteiger partial charge on any atom is -0.344 e. The maximum Gasteiger partial charge on any atom is 0.294 e. The Morgan fingerprint density at radius 2 is 1.50 bits per heavy atom. The first-order chi connectivity index (χ1) is 4.61. The fraction of sp³-hybridized carbons (Fsp3) is 0. The summed E-state index contributed by atoms with van der Waals surface area (Å²) in [7, 11) is -4.00. The Hall–Kier alpha value is 0.0900. The summed E-state index contributed by atoms with van der Waals surface area (Å²) in [5, 5.41) is 0. The Labute approximate surface area is 93.6 Å². The molecule has 0 saturated carbocycles. The van der Waals surface area contributed by atoms with Crippen molar-refractivity contribution >= 4 is 39.7 Å². The first-order valence-electron chi connectivity index (χ1n) is 2.63. The van der Waals surface area contributed by atoms with Gasteiger partial charge in [0.25, 0.3) is 10.1 Å². The maximum atomic E-state index is 10.4. The number of rotatable bonds is 1. The number of benzene rings is 1. The molecule has 12 heavy (non-hydrogen) atoms. The van der Waals surface area contributed by atoms with E-state index in [4.69, 9.17) is 4.55 Å². The van der Waals surface area contributed by atoms with Gasteiger partial charge in [-0.2, -0.15) is 8.42 Å². The van der Waals surface area contributed by atoms with Gasteiger partial charge in [0.05, 0.1) is 4.90 Å². The van der Waals surface area contributed by atoms with Crippen molar-refractivity contribution in [2.45, 2.75) is 4.90 Å². The second-order valence-corrected chi connectivity index (χ2v) is 3.21. The molecule has 1 radical (unpaired) electrons. The topological polar surface area (TPSA) is 89.4 Å². The summed E-state index contributed by atoms with van der Waals surface area (Å²) in [6.07, 6.45) is 0. The van der Waals surface area contributed by atoms with Crippen molar-refractivity contribution in [1.82, 2.24) is 6.15 Å². The van der Waals surface area contributed by atoms with Gasteiger partial charge in [-0.05, 0) is 12.1 Å². The van der Waals surface area contributed by atoms with E-state index >= 15 is 0 Å². The molecule has 0 unspecified atom stereocenters. The first-order valence-corrected chi connectivity index (χ1v) is 4.07. The van der Waals surface area contributed by atoms with Gasteiger partial charge in [-0.3, -0.25) is 4.55 Å². The molecule has 0 aliphatic rings. The van der Waals surface area contributed by atoms with Crippen LogP contribution >= 0.6 is 0 Å². The van der Waals surface area contributed by atoms with Crippen LogP contribution in [0.3, 0.4) is 0 Å². The molecule has 0 bridgehead atoms. The van der Waals surface area contributed by atoms with Gasteiger partial charge in [0, 0.05) is 29.6 Å². The van der Waals surface area contributed by atoms with Crippen LogP contribution in [0, 0.1) is 0 Å². The quantitative estimate of drug-likeness (QED) is 0.513. The van der Waals surface area contributed by atoms with E-state index in [2.05, 4.69) is 0 Å². The molecule has 4 N–H and O–H groups in total. The van der Waals surface area contributed by atoms with Gasteiger partial charge in [0.1, 0.15) is 0 Å². The molecular weight excluding hydrogens is 189 g/mol. The summed E-state index contributed by atoms with van der Waals surface area (Å²) in [5.41, 5.74) is 0. The number of hydrogen-bond donors (Lipinski definition) is 2. The second kappa shape index (κ2) is 5.69. The second-order valence-electron chi connectivity index (χ2n) is 1.79. The van der Waals surface area contributed by atoms with E-state index in [1.807, 2.05) is 0 Å². The maximum absolute atomic E-state index is 10.4. The van der Waals surface area contributed by atoms with Crippen LogP contribution in [0.4, 0.5) is 0 Å². The SMILES string of the molecule is N.O=S(=O)(O)c1ccccc1.[Na]. The molecule has 0 aliphatic heterocycles. The fourth-order valence-electron chi connectivity index (χ4n) is 0.592. The molecule has 1 rings (SSSR count). The predicted molar refractivity (Wildman–Crippen MR) is 47.0 cm³/mol. The molecule has 0 aromatic heterocycles. The van der Waals surface area contributed by atoms with E-state index in [0.29, 0.717) is 0 Å². The molecule has 0 saturated heterocycles. The van der Waals surface area contributed by atoms with E-state index < -0.39 is 10.1 Å². The van der Waals surface area contributed by atoms with Crippen LogP contribution in [0.1, 0.15) is 0 Å². The molecule has 1 aromatic carbocycles. The van der Waals surface area contributed by atoms with Gasteiger partial charge >= 0.3 is 0 Å². The van der Waals surface area contributed by atoms with Crippen LogP contribution < -0.4 is 6.15 Å². The summed E-state index contributed by atoms with van der Waals surface area (Å²) >= 11 is 0. The zero-order valence-electron chi connectivity index (χ0n) is 6.77. The monoisotopic (exact) mass is 198 g/mol. The fourth-order valence-corrected chi connectivity index (χ4v) is 1.09. The Bertz CT molecular complexity index is 311. The van der Waals surface area contributed by atoms with Crippen LogP contribution in [0.15, 0.2) is 35.2 Å². The van der Waals surface area contributed by atoms with Crippen molar-refractivity contribution in [1.29, 1.82) is 0 Å². The van der Waals surface area contributed by atoms with Gasteiger partial charge in [-0.15, -0.1) is 0 Å². The van der Waals surface area contributed by atoms with Crippen LogP contribution in [0.5, 0.6) is 0 Å². The summed E-state index contributed by atoms with van der Waals surface area (Å²) in [6, 6.07) is 7.42. The Morgan fingerprint density at radius 1 is 1.08 bits per heavy atom. The molecule has 6 heteroatoms. The largest absolute Gasteiger partial charge is 0.344 e. The van der Waals surface area contributed by atoms with Crippen LogP contribution in [0.25, 0.3) is 0 Å². The third-order valence-corrected chi connectivity index (χ3v) is 1.91. The van der Waals surface area contributed by atoms with E-state index in [1.54, 1.807) is 18.2 Å². The average molecular weight is 198 g/mol. The minimum absolute atomic E-state index is 0. The van der Waals surface area contributed by atoms with Crippen molar-refractivity contribution in [3.63, 3.8) is 0 Å². The predicted octanol–water partition coefficient (Wildman–Crippen LogP) is 0.715. The minimum atomic E-state index is -4.00. The van der Waals surface area contributed by atoms with Crippen molar-refractivity contribution in [2.24, 2.45) is 0 Å². The van der Waals surface area contributed by atoms with Crippen molar-refractivity contribution in [3.8, 4) is 0 Å². The van der Waals surface area contributed by atoms with Crippen molar-refractivity contribution < 1.29 is 13.0 Å². The van der Waals surface area contributed by atoms with Crippen LogP contribution in [-0.2, 0) is 10.1 Å². The van der Waals surface area contributed by atoms with Gasteiger partial charge in [-0.25, -0.2) is 0 Å². The molecule has 0 aliphatic carbocycles.